The average molecular weight is 413 g/mol. The third kappa shape index (κ3) is 5.54. The molecule has 0 atom stereocenters. The lowest BCUT2D eigenvalue weighted by atomic mass is 10.1. The summed E-state index contributed by atoms with van der Waals surface area (Å²) in [6.07, 6.45) is 5.72. The molecule has 0 saturated carbocycles. The Kier molecular flexibility index (Phi) is 6.32. The van der Waals surface area contributed by atoms with Crippen molar-refractivity contribution in [1.82, 2.24) is 19.7 Å². The Morgan fingerprint density at radius 3 is 2.48 bits per heavy atom. The van der Waals surface area contributed by atoms with Gasteiger partial charge in [0.1, 0.15) is 11.6 Å². The number of imidazole rings is 1. The summed E-state index contributed by atoms with van der Waals surface area (Å²) in [6.45, 7) is 1.90. The number of aromatic nitrogens is 4. The average Bonchev–Trinajstić information content (AvgIpc) is 3.22. The fraction of sp³-hybridized carbons (Fsp3) is 0.167. The van der Waals surface area contributed by atoms with Crippen LogP contribution < -0.4 is 10.1 Å². The molecular formula is C24H23N5O2. The molecule has 7 nitrogen and oxygen atoms in total. The smallest absolute Gasteiger partial charge is 0.238 e. The second-order valence-corrected chi connectivity index (χ2v) is 7.09. The van der Waals surface area contributed by atoms with Crippen molar-refractivity contribution in [3.8, 4) is 17.4 Å². The first kappa shape index (κ1) is 20.3. The van der Waals surface area contributed by atoms with Crippen LogP contribution >= 0.6 is 0 Å². The molecule has 0 aliphatic heterocycles. The van der Waals surface area contributed by atoms with E-state index >= 15 is 0 Å². The zero-order valence-electron chi connectivity index (χ0n) is 17.2. The Morgan fingerprint density at radius 1 is 1.00 bits per heavy atom. The number of hydrogen-bond donors (Lipinski definition) is 1. The van der Waals surface area contributed by atoms with Crippen molar-refractivity contribution >= 4 is 11.6 Å². The van der Waals surface area contributed by atoms with Crippen molar-refractivity contribution in [3.63, 3.8) is 0 Å². The molecule has 0 fully saturated rings. The second-order valence-electron chi connectivity index (χ2n) is 7.09. The van der Waals surface area contributed by atoms with Crippen LogP contribution in [0.25, 0.3) is 5.82 Å². The number of anilines is 1. The molecule has 2 aromatic heterocycles. The van der Waals surface area contributed by atoms with Gasteiger partial charge in [-0.05, 0) is 55.7 Å². The van der Waals surface area contributed by atoms with Gasteiger partial charge in [-0.15, -0.1) is 10.2 Å². The van der Waals surface area contributed by atoms with E-state index in [1.807, 2.05) is 42.0 Å². The molecule has 2 aromatic carbocycles. The molecule has 7 heteroatoms. The number of ether oxygens (including phenoxy) is 1. The summed E-state index contributed by atoms with van der Waals surface area (Å²) < 4.78 is 7.58. The Morgan fingerprint density at radius 2 is 1.81 bits per heavy atom. The van der Waals surface area contributed by atoms with Gasteiger partial charge in [-0.25, -0.2) is 4.98 Å². The number of nitrogens with zero attached hydrogens (tertiary/aromatic N) is 4. The molecular weight excluding hydrogens is 390 g/mol. The van der Waals surface area contributed by atoms with Crippen LogP contribution in [0.3, 0.4) is 0 Å². The highest BCUT2D eigenvalue weighted by Gasteiger charge is 2.06. The molecule has 4 aromatic rings. The van der Waals surface area contributed by atoms with Crippen LogP contribution in [0.4, 0.5) is 5.69 Å². The first-order chi connectivity index (χ1) is 15.2. The van der Waals surface area contributed by atoms with E-state index in [4.69, 9.17) is 4.74 Å². The molecule has 4 rings (SSSR count). The molecule has 0 bridgehead atoms. The molecule has 1 amide bonds. The van der Waals surface area contributed by atoms with Crippen molar-refractivity contribution in [3.05, 3.63) is 90.5 Å². The van der Waals surface area contributed by atoms with Crippen molar-refractivity contribution in [1.29, 1.82) is 0 Å². The van der Waals surface area contributed by atoms with Crippen LogP contribution in [0.1, 0.15) is 24.2 Å². The lowest BCUT2D eigenvalue weighted by Gasteiger charge is -2.08. The SMILES string of the molecule is Cc1nccn1-c1ccc(Oc2ccc(NC(=O)CCCc3ccccc3)cc2)nn1. The highest BCUT2D eigenvalue weighted by atomic mass is 16.5. The normalized spacial score (nSPS) is 10.6. The van der Waals surface area contributed by atoms with Gasteiger partial charge in [-0.2, -0.15) is 0 Å². The van der Waals surface area contributed by atoms with Crippen molar-refractivity contribution in [2.24, 2.45) is 0 Å². The fourth-order valence-electron chi connectivity index (χ4n) is 3.16. The van der Waals surface area contributed by atoms with E-state index in [0.717, 1.165) is 24.4 Å². The minimum absolute atomic E-state index is 0.000787. The minimum Gasteiger partial charge on any atom is -0.438 e. The summed E-state index contributed by atoms with van der Waals surface area (Å²) in [4.78, 5) is 16.3. The van der Waals surface area contributed by atoms with E-state index in [0.29, 0.717) is 23.9 Å². The molecule has 2 heterocycles. The van der Waals surface area contributed by atoms with Gasteiger partial charge in [0.25, 0.3) is 0 Å². The molecule has 0 radical (unpaired) electrons. The van der Waals surface area contributed by atoms with Gasteiger partial charge in [0.2, 0.25) is 11.8 Å². The Bertz CT molecular complexity index is 1120. The van der Waals surface area contributed by atoms with Crippen LogP contribution in [0.5, 0.6) is 11.6 Å². The lowest BCUT2D eigenvalue weighted by molar-refractivity contribution is -0.116. The van der Waals surface area contributed by atoms with Gasteiger partial charge in [0.05, 0.1) is 0 Å². The van der Waals surface area contributed by atoms with Gasteiger partial charge in [-0.1, -0.05) is 30.3 Å². The topological polar surface area (TPSA) is 81.9 Å². The standard InChI is InChI=1S/C24H23N5O2/c1-18-25-16-17-29(18)22-14-15-24(28-27-22)31-21-12-10-20(11-13-21)26-23(30)9-5-8-19-6-3-2-4-7-19/h2-4,6-7,10-17H,5,8-9H2,1H3,(H,26,30). The molecule has 1 N–H and O–H groups in total. The molecule has 31 heavy (non-hydrogen) atoms. The number of hydrogen-bond acceptors (Lipinski definition) is 5. The van der Waals surface area contributed by atoms with E-state index in [2.05, 4.69) is 32.6 Å². The van der Waals surface area contributed by atoms with E-state index < -0.39 is 0 Å². The quantitative estimate of drug-likeness (QED) is 0.452. The molecule has 0 aliphatic carbocycles. The highest BCUT2D eigenvalue weighted by Crippen LogP contribution is 2.22. The van der Waals surface area contributed by atoms with Crippen LogP contribution in [0, 0.1) is 6.92 Å². The van der Waals surface area contributed by atoms with Gasteiger partial charge in [0, 0.05) is 30.6 Å². The Hall–Kier alpha value is -4.00. The van der Waals surface area contributed by atoms with Crippen molar-refractivity contribution < 1.29 is 9.53 Å². The zero-order chi connectivity index (χ0) is 21.5. The number of aryl methyl sites for hydroxylation is 2. The summed E-state index contributed by atoms with van der Waals surface area (Å²) in [5.74, 6) is 2.51. The van der Waals surface area contributed by atoms with Crippen molar-refractivity contribution in [2.75, 3.05) is 5.32 Å². The number of carbonyl (C=O) groups excluding carboxylic acids is 1. The van der Waals surface area contributed by atoms with E-state index in [9.17, 15) is 4.79 Å². The second kappa shape index (κ2) is 9.67. The van der Waals surface area contributed by atoms with E-state index in [-0.39, 0.29) is 5.91 Å². The van der Waals surface area contributed by atoms with Gasteiger partial charge in [-0.3, -0.25) is 9.36 Å². The van der Waals surface area contributed by atoms with Gasteiger partial charge in [0.15, 0.2) is 5.82 Å². The number of amides is 1. The van der Waals surface area contributed by atoms with Crippen LogP contribution in [0.2, 0.25) is 0 Å². The number of benzene rings is 2. The number of rotatable bonds is 8. The van der Waals surface area contributed by atoms with Gasteiger partial charge >= 0.3 is 0 Å². The van der Waals surface area contributed by atoms with Crippen molar-refractivity contribution in [2.45, 2.75) is 26.2 Å². The maximum atomic E-state index is 12.2. The summed E-state index contributed by atoms with van der Waals surface area (Å²) in [7, 11) is 0. The maximum Gasteiger partial charge on any atom is 0.238 e. The van der Waals surface area contributed by atoms with E-state index in [1.165, 1.54) is 5.56 Å². The fourth-order valence-corrected chi connectivity index (χ4v) is 3.16. The third-order valence-corrected chi connectivity index (χ3v) is 4.77. The summed E-state index contributed by atoms with van der Waals surface area (Å²) >= 11 is 0. The Labute approximate surface area is 180 Å². The highest BCUT2D eigenvalue weighted by molar-refractivity contribution is 5.90. The molecule has 0 spiro atoms. The van der Waals surface area contributed by atoms with Gasteiger partial charge < -0.3 is 10.1 Å². The molecule has 156 valence electrons. The number of nitrogens with one attached hydrogen (secondary N) is 1. The first-order valence-electron chi connectivity index (χ1n) is 10.1. The zero-order valence-corrected chi connectivity index (χ0v) is 17.2. The third-order valence-electron chi connectivity index (χ3n) is 4.77. The molecule has 0 aliphatic rings. The van der Waals surface area contributed by atoms with Crippen LogP contribution in [-0.4, -0.2) is 25.7 Å². The Balaban J connectivity index is 1.27. The minimum atomic E-state index is 0.000787. The lowest BCUT2D eigenvalue weighted by Crippen LogP contribution is -2.11. The van der Waals surface area contributed by atoms with Crippen LogP contribution in [0.15, 0.2) is 79.1 Å². The molecule has 0 unspecified atom stereocenters. The first-order valence-corrected chi connectivity index (χ1v) is 10.1. The van der Waals surface area contributed by atoms with Crippen LogP contribution in [-0.2, 0) is 11.2 Å². The summed E-state index contributed by atoms with van der Waals surface area (Å²) in [5, 5.41) is 11.2. The predicted octanol–water partition coefficient (Wildman–Crippen LogP) is 4.72. The number of carbonyl (C=O) groups is 1. The molecule has 0 saturated heterocycles. The largest absolute Gasteiger partial charge is 0.438 e. The summed E-state index contributed by atoms with van der Waals surface area (Å²) in [5.41, 5.74) is 1.97. The maximum absolute atomic E-state index is 12.2. The monoisotopic (exact) mass is 413 g/mol. The summed E-state index contributed by atoms with van der Waals surface area (Å²) in [6, 6.07) is 20.9. The van der Waals surface area contributed by atoms with E-state index in [1.54, 1.807) is 36.5 Å². The predicted molar refractivity (Wildman–Crippen MR) is 118 cm³/mol.